The summed E-state index contributed by atoms with van der Waals surface area (Å²) in [5.41, 5.74) is 1.68. The van der Waals surface area contributed by atoms with Gasteiger partial charge in [-0.1, -0.05) is 0 Å². The third kappa shape index (κ3) is 4.51. The molecule has 1 aromatic carbocycles. The fourth-order valence-electron chi connectivity index (χ4n) is 3.29. The van der Waals surface area contributed by atoms with Crippen LogP contribution in [0.2, 0.25) is 0 Å². The Morgan fingerprint density at radius 1 is 1.00 bits per heavy atom. The predicted molar refractivity (Wildman–Crippen MR) is 114 cm³/mol. The first-order valence-electron chi connectivity index (χ1n) is 10.0. The van der Waals surface area contributed by atoms with E-state index >= 15 is 0 Å². The van der Waals surface area contributed by atoms with Gasteiger partial charge in [0.05, 0.1) is 12.3 Å². The van der Waals surface area contributed by atoms with Crippen LogP contribution in [-0.2, 0) is 0 Å². The van der Waals surface area contributed by atoms with Crippen molar-refractivity contribution in [2.24, 2.45) is 0 Å². The molecule has 4 rings (SSSR count). The van der Waals surface area contributed by atoms with Crippen molar-refractivity contribution in [3.8, 4) is 11.6 Å². The Morgan fingerprint density at radius 2 is 1.70 bits per heavy atom. The summed E-state index contributed by atoms with van der Waals surface area (Å²) in [7, 11) is 0. The average molecular weight is 407 g/mol. The van der Waals surface area contributed by atoms with E-state index in [-0.39, 0.29) is 6.03 Å². The minimum absolute atomic E-state index is 0.103. The molecule has 1 aliphatic rings. The molecular weight excluding hydrogens is 382 g/mol. The van der Waals surface area contributed by atoms with E-state index in [0.717, 1.165) is 22.9 Å². The van der Waals surface area contributed by atoms with E-state index in [0.29, 0.717) is 38.6 Å². The molecule has 30 heavy (non-hydrogen) atoms. The van der Waals surface area contributed by atoms with Gasteiger partial charge in [0.2, 0.25) is 0 Å². The average Bonchev–Trinajstić information content (AvgIpc) is 3.22. The minimum atomic E-state index is -0.103. The molecule has 1 N–H and O–H groups in total. The minimum Gasteiger partial charge on any atom is -0.494 e. The van der Waals surface area contributed by atoms with Gasteiger partial charge in [-0.2, -0.15) is 5.10 Å². The molecule has 9 nitrogen and oxygen atoms in total. The Labute approximate surface area is 175 Å². The Bertz CT molecular complexity index is 977. The number of carbonyl (C=O) groups is 1. The van der Waals surface area contributed by atoms with Gasteiger partial charge in [-0.3, -0.25) is 0 Å². The van der Waals surface area contributed by atoms with E-state index in [2.05, 4.69) is 25.5 Å². The van der Waals surface area contributed by atoms with Crippen LogP contribution in [0, 0.1) is 6.92 Å². The molecular formula is C21H25N7O2. The molecule has 0 aliphatic carbocycles. The van der Waals surface area contributed by atoms with E-state index in [1.54, 1.807) is 9.58 Å². The summed E-state index contributed by atoms with van der Waals surface area (Å²) in [4.78, 5) is 16.5. The van der Waals surface area contributed by atoms with E-state index < -0.39 is 0 Å². The van der Waals surface area contributed by atoms with Crippen molar-refractivity contribution in [3.63, 3.8) is 0 Å². The number of ether oxygens (including phenoxy) is 1. The first kappa shape index (κ1) is 19.7. The highest BCUT2D eigenvalue weighted by Crippen LogP contribution is 2.18. The Morgan fingerprint density at radius 3 is 2.30 bits per heavy atom. The van der Waals surface area contributed by atoms with Crippen LogP contribution in [0.1, 0.15) is 12.6 Å². The first-order chi connectivity index (χ1) is 14.6. The number of rotatable bonds is 5. The quantitative estimate of drug-likeness (QED) is 0.700. The predicted octanol–water partition coefficient (Wildman–Crippen LogP) is 2.72. The Balaban J connectivity index is 1.30. The number of urea groups is 1. The zero-order valence-electron chi connectivity index (χ0n) is 17.2. The van der Waals surface area contributed by atoms with E-state index in [1.807, 2.05) is 62.5 Å². The van der Waals surface area contributed by atoms with Crippen LogP contribution in [0.25, 0.3) is 5.82 Å². The normalized spacial score (nSPS) is 13.9. The number of hydrogen-bond donors (Lipinski definition) is 1. The number of carbonyl (C=O) groups excluding carboxylic acids is 1. The molecule has 9 heteroatoms. The second-order valence-electron chi connectivity index (χ2n) is 7.01. The largest absolute Gasteiger partial charge is 0.494 e. The standard InChI is InChI=1S/C21H25N7O2/c1-3-30-18-6-4-17(5-7-18)22-21(29)27-14-12-26(13-15-27)19-8-9-20(24-23-19)28-11-10-16(2)25-28/h4-11H,3,12-15H2,1-2H3,(H,22,29). The van der Waals surface area contributed by atoms with Gasteiger partial charge in [0.25, 0.3) is 0 Å². The molecule has 0 atom stereocenters. The van der Waals surface area contributed by atoms with Crippen molar-refractivity contribution in [1.29, 1.82) is 0 Å². The summed E-state index contributed by atoms with van der Waals surface area (Å²) < 4.78 is 7.13. The molecule has 0 bridgehead atoms. The van der Waals surface area contributed by atoms with Crippen LogP contribution in [0.4, 0.5) is 16.3 Å². The molecule has 0 unspecified atom stereocenters. The lowest BCUT2D eigenvalue weighted by molar-refractivity contribution is 0.208. The van der Waals surface area contributed by atoms with Crippen LogP contribution in [0.15, 0.2) is 48.7 Å². The van der Waals surface area contributed by atoms with Gasteiger partial charge < -0.3 is 19.9 Å². The van der Waals surface area contributed by atoms with Gasteiger partial charge in [0, 0.05) is 38.1 Å². The molecule has 1 aliphatic heterocycles. The van der Waals surface area contributed by atoms with Gasteiger partial charge in [-0.25, -0.2) is 9.48 Å². The third-order valence-electron chi connectivity index (χ3n) is 4.90. The number of piperazine rings is 1. The molecule has 3 heterocycles. The van der Waals surface area contributed by atoms with Gasteiger partial charge in [-0.05, 0) is 56.3 Å². The molecule has 2 amide bonds. The maximum absolute atomic E-state index is 12.6. The van der Waals surface area contributed by atoms with Crippen LogP contribution >= 0.6 is 0 Å². The maximum Gasteiger partial charge on any atom is 0.321 e. The van der Waals surface area contributed by atoms with Crippen LogP contribution in [0.3, 0.4) is 0 Å². The lowest BCUT2D eigenvalue weighted by Gasteiger charge is -2.35. The first-order valence-corrected chi connectivity index (χ1v) is 10.0. The summed E-state index contributed by atoms with van der Waals surface area (Å²) in [5, 5.41) is 15.9. The molecule has 1 saturated heterocycles. The molecule has 0 saturated carbocycles. The summed E-state index contributed by atoms with van der Waals surface area (Å²) in [5.74, 6) is 2.27. The fraction of sp³-hybridized carbons (Fsp3) is 0.333. The van der Waals surface area contributed by atoms with Crippen LogP contribution < -0.4 is 15.0 Å². The number of nitrogens with one attached hydrogen (secondary N) is 1. The van der Waals surface area contributed by atoms with Crippen LogP contribution in [-0.4, -0.2) is 63.7 Å². The Hall–Kier alpha value is -3.62. The number of aromatic nitrogens is 4. The lowest BCUT2D eigenvalue weighted by atomic mass is 10.3. The molecule has 0 radical (unpaired) electrons. The number of nitrogens with zero attached hydrogens (tertiary/aromatic N) is 6. The van der Waals surface area contributed by atoms with Crippen LogP contribution in [0.5, 0.6) is 5.75 Å². The molecule has 0 spiro atoms. The molecule has 156 valence electrons. The zero-order valence-corrected chi connectivity index (χ0v) is 17.2. The SMILES string of the molecule is CCOc1ccc(NC(=O)N2CCN(c3ccc(-n4ccc(C)n4)nn3)CC2)cc1. The van der Waals surface area contributed by atoms with Gasteiger partial charge in [-0.15, -0.1) is 10.2 Å². The summed E-state index contributed by atoms with van der Waals surface area (Å²) in [6, 6.07) is 13.1. The van der Waals surface area contributed by atoms with E-state index in [4.69, 9.17) is 4.74 Å². The Kier molecular flexibility index (Phi) is 5.78. The number of hydrogen-bond acceptors (Lipinski definition) is 6. The van der Waals surface area contributed by atoms with Crippen molar-refractivity contribution >= 4 is 17.5 Å². The summed E-state index contributed by atoms with van der Waals surface area (Å²) in [6.45, 7) is 7.12. The fourth-order valence-corrected chi connectivity index (χ4v) is 3.29. The van der Waals surface area contributed by atoms with E-state index in [1.165, 1.54) is 0 Å². The lowest BCUT2D eigenvalue weighted by Crippen LogP contribution is -2.50. The summed E-state index contributed by atoms with van der Waals surface area (Å²) in [6.07, 6.45) is 1.86. The molecule has 2 aromatic heterocycles. The number of amides is 2. The number of aryl methyl sites for hydroxylation is 1. The molecule has 3 aromatic rings. The third-order valence-corrected chi connectivity index (χ3v) is 4.90. The van der Waals surface area contributed by atoms with Crippen molar-refractivity contribution in [1.82, 2.24) is 24.9 Å². The van der Waals surface area contributed by atoms with Gasteiger partial charge in [0.1, 0.15) is 5.75 Å². The summed E-state index contributed by atoms with van der Waals surface area (Å²) >= 11 is 0. The van der Waals surface area contributed by atoms with Gasteiger partial charge >= 0.3 is 6.03 Å². The highest BCUT2D eigenvalue weighted by Gasteiger charge is 2.22. The topological polar surface area (TPSA) is 88.4 Å². The monoisotopic (exact) mass is 407 g/mol. The second-order valence-corrected chi connectivity index (χ2v) is 7.01. The zero-order chi connectivity index (χ0) is 20.9. The van der Waals surface area contributed by atoms with Crippen molar-refractivity contribution in [2.75, 3.05) is 43.0 Å². The smallest absolute Gasteiger partial charge is 0.321 e. The highest BCUT2D eigenvalue weighted by atomic mass is 16.5. The van der Waals surface area contributed by atoms with Crippen molar-refractivity contribution in [2.45, 2.75) is 13.8 Å². The molecule has 1 fully saturated rings. The van der Waals surface area contributed by atoms with Crippen molar-refractivity contribution in [3.05, 3.63) is 54.4 Å². The van der Waals surface area contributed by atoms with E-state index in [9.17, 15) is 4.79 Å². The second kappa shape index (κ2) is 8.81. The highest BCUT2D eigenvalue weighted by molar-refractivity contribution is 5.89. The van der Waals surface area contributed by atoms with Gasteiger partial charge in [0.15, 0.2) is 11.6 Å². The number of anilines is 2. The van der Waals surface area contributed by atoms with Crippen molar-refractivity contribution < 1.29 is 9.53 Å². The maximum atomic E-state index is 12.6. The number of benzene rings is 1.